The van der Waals surface area contributed by atoms with Crippen molar-refractivity contribution in [2.45, 2.75) is 30.6 Å². The molecule has 0 bridgehead atoms. The molecule has 19 heavy (non-hydrogen) atoms. The Morgan fingerprint density at radius 3 is 3.00 bits per heavy atom. The van der Waals surface area contributed by atoms with Crippen LogP contribution in [-0.4, -0.2) is 36.9 Å². The molecule has 2 N–H and O–H groups in total. The molecule has 0 saturated carbocycles. The monoisotopic (exact) mass is 281 g/mol. The fraction of sp³-hybridized carbons (Fsp3) is 0.600. The van der Waals surface area contributed by atoms with E-state index in [-0.39, 0.29) is 6.61 Å². The molecule has 2 unspecified atom stereocenters. The molecule has 106 valence electrons. The molecule has 0 aliphatic heterocycles. The lowest BCUT2D eigenvalue weighted by atomic mass is 9.87. The molecule has 4 heteroatoms. The van der Waals surface area contributed by atoms with E-state index >= 15 is 0 Å². The number of benzene rings is 1. The molecule has 2 rings (SSSR count). The lowest BCUT2D eigenvalue weighted by Crippen LogP contribution is -2.32. The molecular weight excluding hydrogens is 258 g/mol. The topological polar surface area (TPSA) is 41.5 Å². The maximum atomic E-state index is 8.90. The third kappa shape index (κ3) is 3.44. The number of rotatable bonds is 6. The fourth-order valence-corrected chi connectivity index (χ4v) is 4.06. The molecule has 0 spiro atoms. The van der Waals surface area contributed by atoms with Gasteiger partial charge in [-0.1, -0.05) is 6.07 Å². The van der Waals surface area contributed by atoms with E-state index in [0.717, 1.165) is 24.3 Å². The van der Waals surface area contributed by atoms with Crippen LogP contribution in [0.25, 0.3) is 0 Å². The molecule has 3 nitrogen and oxygen atoms in total. The summed E-state index contributed by atoms with van der Waals surface area (Å²) in [6, 6.07) is 6.77. The first-order chi connectivity index (χ1) is 9.30. The fourth-order valence-electron chi connectivity index (χ4n) is 2.70. The maximum absolute atomic E-state index is 8.90. The van der Waals surface area contributed by atoms with Crippen molar-refractivity contribution in [1.82, 2.24) is 5.32 Å². The van der Waals surface area contributed by atoms with Crippen LogP contribution in [0, 0.1) is 0 Å². The molecule has 0 amide bonds. The normalized spacial score (nSPS) is 22.1. The Balaban J connectivity index is 2.14. The summed E-state index contributed by atoms with van der Waals surface area (Å²) in [5.74, 6) is 1.96. The molecule has 2 atom stereocenters. The van der Waals surface area contributed by atoms with Gasteiger partial charge >= 0.3 is 0 Å². The highest BCUT2D eigenvalue weighted by atomic mass is 32.2. The molecule has 0 aromatic heterocycles. The Labute approximate surface area is 119 Å². The van der Waals surface area contributed by atoms with E-state index in [4.69, 9.17) is 9.84 Å². The van der Waals surface area contributed by atoms with Crippen LogP contribution in [0.15, 0.2) is 18.2 Å². The predicted molar refractivity (Wildman–Crippen MR) is 81.1 cm³/mol. The smallest absolute Gasteiger partial charge is 0.119 e. The Bertz CT molecular complexity index is 411. The summed E-state index contributed by atoms with van der Waals surface area (Å²) in [7, 11) is 3.74. The molecule has 0 saturated heterocycles. The van der Waals surface area contributed by atoms with Gasteiger partial charge in [0.05, 0.1) is 7.11 Å². The van der Waals surface area contributed by atoms with Gasteiger partial charge in [0.25, 0.3) is 0 Å². The first-order valence-electron chi connectivity index (χ1n) is 6.86. The van der Waals surface area contributed by atoms with Crippen molar-refractivity contribution in [2.75, 3.05) is 26.5 Å². The molecule has 0 radical (unpaired) electrons. The van der Waals surface area contributed by atoms with Crippen LogP contribution in [0.3, 0.4) is 0 Å². The Morgan fingerprint density at radius 1 is 1.47 bits per heavy atom. The number of hydrogen-bond donors (Lipinski definition) is 2. The third-order valence-corrected chi connectivity index (χ3v) is 5.16. The van der Waals surface area contributed by atoms with Crippen molar-refractivity contribution >= 4 is 11.8 Å². The summed E-state index contributed by atoms with van der Waals surface area (Å²) in [5, 5.41) is 12.9. The second kappa shape index (κ2) is 7.17. The van der Waals surface area contributed by atoms with Crippen molar-refractivity contribution < 1.29 is 9.84 Å². The van der Waals surface area contributed by atoms with Crippen molar-refractivity contribution in [3.05, 3.63) is 29.3 Å². The largest absolute Gasteiger partial charge is 0.497 e. The van der Waals surface area contributed by atoms with Crippen molar-refractivity contribution in [2.24, 2.45) is 0 Å². The molecule has 1 aliphatic rings. The summed E-state index contributed by atoms with van der Waals surface area (Å²) < 4.78 is 5.34. The maximum Gasteiger partial charge on any atom is 0.119 e. The Morgan fingerprint density at radius 2 is 2.32 bits per heavy atom. The first kappa shape index (κ1) is 14.7. The van der Waals surface area contributed by atoms with Gasteiger partial charge in [0.15, 0.2) is 0 Å². The predicted octanol–water partition coefficient (Wildman–Crippen LogP) is 2.39. The zero-order chi connectivity index (χ0) is 13.7. The average molecular weight is 281 g/mol. The minimum Gasteiger partial charge on any atom is -0.497 e. The second-order valence-electron chi connectivity index (χ2n) is 4.86. The summed E-state index contributed by atoms with van der Waals surface area (Å²) in [4.78, 5) is 0. The quantitative estimate of drug-likeness (QED) is 0.786. The number of hydrogen-bond acceptors (Lipinski definition) is 4. The van der Waals surface area contributed by atoms with Gasteiger partial charge in [-0.3, -0.25) is 0 Å². The van der Waals surface area contributed by atoms with Gasteiger partial charge < -0.3 is 15.2 Å². The van der Waals surface area contributed by atoms with Crippen molar-refractivity contribution in [3.63, 3.8) is 0 Å². The van der Waals surface area contributed by atoms with E-state index < -0.39 is 0 Å². The van der Waals surface area contributed by atoms with Crippen LogP contribution < -0.4 is 10.1 Å². The Kier molecular flexibility index (Phi) is 5.55. The molecule has 0 heterocycles. The van der Waals surface area contributed by atoms with Gasteiger partial charge in [0, 0.05) is 17.9 Å². The van der Waals surface area contributed by atoms with E-state index in [1.165, 1.54) is 17.5 Å². The summed E-state index contributed by atoms with van der Waals surface area (Å²) in [6.45, 7) is 0.286. The highest BCUT2D eigenvalue weighted by Gasteiger charge is 2.28. The molecule has 1 aromatic rings. The van der Waals surface area contributed by atoms with E-state index in [9.17, 15) is 0 Å². The van der Waals surface area contributed by atoms with Crippen LogP contribution in [0.2, 0.25) is 0 Å². The summed E-state index contributed by atoms with van der Waals surface area (Å²) >= 11 is 1.97. The van der Waals surface area contributed by atoms with Crippen LogP contribution in [-0.2, 0) is 6.42 Å². The number of aliphatic hydroxyl groups excluding tert-OH is 1. The van der Waals surface area contributed by atoms with Gasteiger partial charge in [-0.05, 0) is 55.3 Å². The number of methoxy groups -OCH3 is 1. The number of nitrogens with one attached hydrogen (secondary N) is 1. The van der Waals surface area contributed by atoms with Crippen molar-refractivity contribution in [3.8, 4) is 5.75 Å². The zero-order valence-corrected chi connectivity index (χ0v) is 12.5. The number of thioether (sulfide) groups is 1. The zero-order valence-electron chi connectivity index (χ0n) is 11.7. The van der Waals surface area contributed by atoms with E-state index in [1.54, 1.807) is 7.11 Å². The SMILES string of the molecule is CNC1c2cc(OC)ccc2CCC1SCCCO. The van der Waals surface area contributed by atoms with Gasteiger partial charge in [-0.15, -0.1) is 0 Å². The highest BCUT2D eigenvalue weighted by molar-refractivity contribution is 7.99. The highest BCUT2D eigenvalue weighted by Crippen LogP contribution is 2.38. The van der Waals surface area contributed by atoms with E-state index in [0.29, 0.717) is 11.3 Å². The minimum atomic E-state index is 0.286. The molecule has 0 fully saturated rings. The van der Waals surface area contributed by atoms with Gasteiger partial charge in [0.2, 0.25) is 0 Å². The molecular formula is C15H23NO2S. The van der Waals surface area contributed by atoms with Gasteiger partial charge in [-0.25, -0.2) is 0 Å². The van der Waals surface area contributed by atoms with Crippen LogP contribution in [0.4, 0.5) is 0 Å². The summed E-state index contributed by atoms with van der Waals surface area (Å²) in [6.07, 6.45) is 3.21. The number of aryl methyl sites for hydroxylation is 1. The standard InChI is InChI=1S/C15H23NO2S/c1-16-15-13-10-12(18-2)6-4-11(13)5-7-14(15)19-9-3-8-17/h4,6,10,14-17H,3,5,7-9H2,1-2H3. The van der Waals surface area contributed by atoms with E-state index in [2.05, 4.69) is 17.4 Å². The minimum absolute atomic E-state index is 0.286. The third-order valence-electron chi connectivity index (χ3n) is 3.70. The van der Waals surface area contributed by atoms with Crippen LogP contribution in [0.1, 0.15) is 30.0 Å². The summed E-state index contributed by atoms with van der Waals surface area (Å²) in [5.41, 5.74) is 2.80. The van der Waals surface area contributed by atoms with Crippen LogP contribution in [0.5, 0.6) is 5.75 Å². The average Bonchev–Trinajstić information content (AvgIpc) is 2.46. The number of ether oxygens (including phenoxy) is 1. The molecule has 1 aromatic carbocycles. The first-order valence-corrected chi connectivity index (χ1v) is 7.91. The number of fused-ring (bicyclic) bond motifs is 1. The lowest BCUT2D eigenvalue weighted by Gasteiger charge is -2.33. The Hall–Kier alpha value is -0.710. The van der Waals surface area contributed by atoms with Gasteiger partial charge in [-0.2, -0.15) is 11.8 Å². The second-order valence-corrected chi connectivity index (χ2v) is 6.20. The van der Waals surface area contributed by atoms with Gasteiger partial charge in [0.1, 0.15) is 5.75 Å². The molecule has 1 aliphatic carbocycles. The number of aliphatic hydroxyl groups is 1. The lowest BCUT2D eigenvalue weighted by molar-refractivity contribution is 0.296. The van der Waals surface area contributed by atoms with Crippen molar-refractivity contribution in [1.29, 1.82) is 0 Å². The van der Waals surface area contributed by atoms with Crippen LogP contribution >= 0.6 is 11.8 Å². The van der Waals surface area contributed by atoms with E-state index in [1.807, 2.05) is 24.9 Å².